The average molecular weight is 602 g/mol. The van der Waals surface area contributed by atoms with Crippen LogP contribution in [-0.2, 0) is 20.8 Å². The van der Waals surface area contributed by atoms with Gasteiger partial charge < -0.3 is 34.8 Å². The Hall–Kier alpha value is -3.63. The summed E-state index contributed by atoms with van der Waals surface area (Å²) in [4.78, 5) is 32.9. The molecule has 2 aromatic carbocycles. The minimum absolute atomic E-state index is 0.573. The number of carboxylic acids is 3. The lowest BCUT2D eigenvalue weighted by Crippen LogP contribution is -2.42. The van der Waals surface area contributed by atoms with Crippen molar-refractivity contribution in [2.45, 2.75) is 76.7 Å². The second-order valence-electron chi connectivity index (χ2n) is 11.0. The van der Waals surface area contributed by atoms with Crippen LogP contribution in [-0.4, -0.2) is 82.2 Å². The number of hydrogen-bond donors (Lipinski definition) is 4. The van der Waals surface area contributed by atoms with Gasteiger partial charge >= 0.3 is 17.9 Å². The molecule has 0 saturated heterocycles. The van der Waals surface area contributed by atoms with Crippen molar-refractivity contribution in [3.63, 3.8) is 0 Å². The van der Waals surface area contributed by atoms with E-state index < -0.39 is 36.4 Å². The maximum absolute atomic E-state index is 10.3. The Morgan fingerprint density at radius 1 is 0.860 bits per heavy atom. The van der Waals surface area contributed by atoms with Gasteiger partial charge in [0.25, 0.3) is 0 Å². The van der Waals surface area contributed by atoms with Crippen LogP contribution >= 0.6 is 0 Å². The Bertz CT molecular complexity index is 1110. The summed E-state index contributed by atoms with van der Waals surface area (Å²) in [5, 5.41) is 33.8. The maximum atomic E-state index is 10.3. The number of benzene rings is 2. The lowest BCUT2D eigenvalue weighted by Gasteiger charge is -2.31. The second-order valence-corrected chi connectivity index (χ2v) is 11.0. The minimum Gasteiger partial charge on any atom is -0.497 e. The Morgan fingerprint density at radius 2 is 1.40 bits per heavy atom. The number of carbonyl (C=O) groups is 3. The number of carboxylic acid groups (broad SMARTS) is 3. The van der Waals surface area contributed by atoms with Crippen LogP contribution in [0.15, 0.2) is 48.5 Å². The molecule has 1 saturated carbocycles. The third-order valence-electron chi connectivity index (χ3n) is 8.00. The number of aliphatic hydroxyl groups is 1. The molecule has 4 N–H and O–H groups in total. The molecule has 0 amide bonds. The van der Waals surface area contributed by atoms with Gasteiger partial charge in [-0.1, -0.05) is 57.4 Å². The van der Waals surface area contributed by atoms with Gasteiger partial charge in [0.1, 0.15) is 18.1 Å². The van der Waals surface area contributed by atoms with Crippen molar-refractivity contribution in [3.8, 4) is 11.5 Å². The van der Waals surface area contributed by atoms with Gasteiger partial charge in [0.2, 0.25) is 0 Å². The van der Waals surface area contributed by atoms with Crippen LogP contribution in [0.25, 0.3) is 0 Å². The smallest absolute Gasteiger partial charge is 0.336 e. The van der Waals surface area contributed by atoms with Crippen molar-refractivity contribution in [2.75, 3.05) is 33.4 Å². The average Bonchev–Trinajstić information content (AvgIpc) is 2.99. The lowest BCUT2D eigenvalue weighted by atomic mass is 9.74. The highest BCUT2D eigenvalue weighted by atomic mass is 16.5. The fourth-order valence-electron chi connectivity index (χ4n) is 5.47. The predicted molar refractivity (Wildman–Crippen MR) is 163 cm³/mol. The third-order valence-corrected chi connectivity index (χ3v) is 8.00. The van der Waals surface area contributed by atoms with Crippen molar-refractivity contribution < 1.29 is 44.3 Å². The Kier molecular flexibility index (Phi) is 15.0. The van der Waals surface area contributed by atoms with Crippen molar-refractivity contribution in [2.24, 2.45) is 5.92 Å². The summed E-state index contributed by atoms with van der Waals surface area (Å²) in [6, 6.07) is 17.5. The van der Waals surface area contributed by atoms with Gasteiger partial charge in [0.05, 0.1) is 20.0 Å². The molecule has 10 heteroatoms. The van der Waals surface area contributed by atoms with Crippen LogP contribution < -0.4 is 9.47 Å². The van der Waals surface area contributed by atoms with E-state index in [1.165, 1.54) is 43.2 Å². The van der Waals surface area contributed by atoms with Gasteiger partial charge in [-0.15, -0.1) is 0 Å². The van der Waals surface area contributed by atoms with Crippen LogP contribution in [0.5, 0.6) is 11.5 Å². The molecule has 1 aliphatic rings. The molecule has 10 nitrogen and oxygen atoms in total. The molecule has 1 aliphatic carbocycles. The lowest BCUT2D eigenvalue weighted by molar-refractivity contribution is -0.170. The molecule has 0 heterocycles. The fourth-order valence-corrected chi connectivity index (χ4v) is 5.47. The zero-order valence-electron chi connectivity index (χ0n) is 25.5. The number of methoxy groups -OCH3 is 1. The van der Waals surface area contributed by atoms with Gasteiger partial charge in [-0.25, -0.2) is 4.79 Å². The molecule has 1 unspecified atom stereocenters. The molecule has 238 valence electrons. The first kappa shape index (κ1) is 35.6. The zero-order chi connectivity index (χ0) is 31.8. The van der Waals surface area contributed by atoms with Crippen molar-refractivity contribution in [3.05, 3.63) is 59.7 Å². The van der Waals surface area contributed by atoms with Crippen LogP contribution in [0.4, 0.5) is 0 Å². The van der Waals surface area contributed by atoms with E-state index in [9.17, 15) is 14.4 Å². The van der Waals surface area contributed by atoms with Gasteiger partial charge in [0.15, 0.2) is 5.60 Å². The van der Waals surface area contributed by atoms with Gasteiger partial charge in [-0.05, 0) is 79.6 Å². The topological polar surface area (TPSA) is 154 Å². The predicted octanol–water partition coefficient (Wildman–Crippen LogP) is 5.07. The number of aliphatic carboxylic acids is 3. The first-order valence-corrected chi connectivity index (χ1v) is 15.0. The zero-order valence-corrected chi connectivity index (χ0v) is 25.5. The molecule has 43 heavy (non-hydrogen) atoms. The van der Waals surface area contributed by atoms with E-state index in [0.29, 0.717) is 5.92 Å². The summed E-state index contributed by atoms with van der Waals surface area (Å²) in [6.07, 6.45) is 5.64. The van der Waals surface area contributed by atoms with Gasteiger partial charge in [-0.2, -0.15) is 0 Å². The molecular weight excluding hydrogens is 554 g/mol. The SMILES string of the molecule is CCN(CC)CCOc1ccc(C(Cc2ccc(OC)cc2)C2CCCCC2)cc1.O=C(O)CC(O)(CC(=O)O)C(=O)O. The molecule has 0 radical (unpaired) electrons. The van der Waals surface area contributed by atoms with Crippen LogP contribution in [0.1, 0.15) is 75.8 Å². The fraction of sp³-hybridized carbons (Fsp3) is 0.545. The molecule has 0 aliphatic heterocycles. The van der Waals surface area contributed by atoms with E-state index in [1.807, 2.05) is 0 Å². The van der Waals surface area contributed by atoms with E-state index in [0.717, 1.165) is 50.1 Å². The molecule has 0 bridgehead atoms. The molecule has 0 aromatic heterocycles. The molecule has 1 atom stereocenters. The van der Waals surface area contributed by atoms with E-state index >= 15 is 0 Å². The Balaban J connectivity index is 0.000000420. The summed E-state index contributed by atoms with van der Waals surface area (Å²) in [5.41, 5.74) is 0.109. The number of hydrogen-bond acceptors (Lipinski definition) is 7. The maximum Gasteiger partial charge on any atom is 0.336 e. The largest absolute Gasteiger partial charge is 0.497 e. The van der Waals surface area contributed by atoms with Crippen LogP contribution in [0.2, 0.25) is 0 Å². The quantitative estimate of drug-likeness (QED) is 0.205. The first-order valence-electron chi connectivity index (χ1n) is 15.0. The van der Waals surface area contributed by atoms with Crippen molar-refractivity contribution in [1.82, 2.24) is 4.90 Å². The summed E-state index contributed by atoms with van der Waals surface area (Å²) in [5.74, 6) is -1.76. The highest BCUT2D eigenvalue weighted by Crippen LogP contribution is 2.39. The minimum atomic E-state index is -2.74. The highest BCUT2D eigenvalue weighted by molar-refractivity contribution is 5.88. The van der Waals surface area contributed by atoms with E-state index in [-0.39, 0.29) is 0 Å². The Morgan fingerprint density at radius 3 is 1.86 bits per heavy atom. The second kappa shape index (κ2) is 18.1. The number of ether oxygens (including phenoxy) is 2. The normalized spacial score (nSPS) is 14.3. The van der Waals surface area contributed by atoms with Crippen molar-refractivity contribution >= 4 is 17.9 Å². The Labute approximate surface area is 254 Å². The van der Waals surface area contributed by atoms with Gasteiger partial charge in [-0.3, -0.25) is 9.59 Å². The summed E-state index contributed by atoms with van der Waals surface area (Å²) in [6.45, 7) is 8.29. The summed E-state index contributed by atoms with van der Waals surface area (Å²) in [7, 11) is 1.73. The van der Waals surface area contributed by atoms with Crippen LogP contribution in [0.3, 0.4) is 0 Å². The number of rotatable bonds is 16. The number of nitrogens with zero attached hydrogens (tertiary/aromatic N) is 1. The standard InChI is InChI=1S/C27H39NO2.C6H8O7/c1-4-28(5-2)19-20-30-26-17-13-24(14-18-26)27(23-9-7-6-8-10-23)21-22-11-15-25(29-3)16-12-22;7-3(8)1-6(13,5(11)12)2-4(9)10/h11-18,23,27H,4-10,19-21H2,1-3H3;13H,1-2H2,(H,7,8)(H,9,10)(H,11,12). The molecule has 0 spiro atoms. The monoisotopic (exact) mass is 601 g/mol. The number of likely N-dealkylation sites (N-methyl/N-ethyl adjacent to an activating group) is 1. The third kappa shape index (κ3) is 12.2. The van der Waals surface area contributed by atoms with Gasteiger partial charge in [0, 0.05) is 6.54 Å². The molecule has 2 aromatic rings. The molecule has 1 fully saturated rings. The van der Waals surface area contributed by atoms with E-state index in [2.05, 4.69) is 67.3 Å². The highest BCUT2D eigenvalue weighted by Gasteiger charge is 2.40. The first-order chi connectivity index (χ1) is 20.5. The van der Waals surface area contributed by atoms with Crippen LogP contribution in [0, 0.1) is 5.92 Å². The summed E-state index contributed by atoms with van der Waals surface area (Å²) >= 11 is 0. The molecular formula is C33H47NO9. The van der Waals surface area contributed by atoms with E-state index in [1.54, 1.807) is 7.11 Å². The van der Waals surface area contributed by atoms with Crippen molar-refractivity contribution in [1.29, 1.82) is 0 Å². The molecule has 3 rings (SSSR count). The summed E-state index contributed by atoms with van der Waals surface area (Å²) < 4.78 is 11.3. The van der Waals surface area contributed by atoms with E-state index in [4.69, 9.17) is 29.9 Å².